The Hall–Kier alpha value is -2.88. The van der Waals surface area contributed by atoms with Crippen LogP contribution in [0.25, 0.3) is 22.5 Å². The average Bonchev–Trinajstić information content (AvgIpc) is 2.54. The van der Waals surface area contributed by atoms with Crippen LogP contribution in [-0.4, -0.2) is 15.1 Å². The third kappa shape index (κ3) is 2.00. The number of hydrogen-bond donors (Lipinski definition) is 1. The Balaban J connectivity index is 1.99. The molecule has 0 aliphatic carbocycles. The van der Waals surface area contributed by atoms with Gasteiger partial charge in [-0.2, -0.15) is 9.97 Å². The fourth-order valence-electron chi connectivity index (χ4n) is 2.80. The van der Waals surface area contributed by atoms with Gasteiger partial charge in [-0.05, 0) is 25.1 Å². The summed E-state index contributed by atoms with van der Waals surface area (Å²) in [6, 6.07) is 15.5. The molecule has 0 unspecified atom stereocenters. The maximum absolute atomic E-state index is 9.96. The number of aryl methyl sites for hydroxylation is 1. The Labute approximate surface area is 128 Å². The monoisotopic (exact) mass is 290 g/mol. The molecule has 1 N–H and O–H groups in total. The molecule has 3 aromatic rings. The second-order valence-corrected chi connectivity index (χ2v) is 5.35. The maximum atomic E-state index is 9.96. The molecule has 0 saturated carbocycles. The van der Waals surface area contributed by atoms with Gasteiger partial charge < -0.3 is 9.84 Å². The summed E-state index contributed by atoms with van der Waals surface area (Å²) in [5.41, 5.74) is 5.35. The molecule has 0 fully saturated rings. The molecule has 4 heteroatoms. The van der Waals surface area contributed by atoms with Gasteiger partial charge >= 0.3 is 6.01 Å². The number of fused-ring (bicyclic) bond motifs is 3. The van der Waals surface area contributed by atoms with Crippen molar-refractivity contribution in [1.82, 2.24) is 9.97 Å². The first-order chi connectivity index (χ1) is 10.7. The Morgan fingerprint density at radius 1 is 1.00 bits per heavy atom. The lowest BCUT2D eigenvalue weighted by Gasteiger charge is -2.21. The fourth-order valence-corrected chi connectivity index (χ4v) is 2.80. The minimum absolute atomic E-state index is 0.216. The first kappa shape index (κ1) is 12.8. The Morgan fingerprint density at radius 3 is 2.68 bits per heavy atom. The highest BCUT2D eigenvalue weighted by Crippen LogP contribution is 2.40. The predicted molar refractivity (Wildman–Crippen MR) is 83.6 cm³/mol. The van der Waals surface area contributed by atoms with Crippen molar-refractivity contribution < 1.29 is 9.84 Å². The number of benzene rings is 2. The molecule has 1 aliphatic rings. The summed E-state index contributed by atoms with van der Waals surface area (Å²) >= 11 is 0. The number of aromatic nitrogens is 2. The molecule has 4 rings (SSSR count). The van der Waals surface area contributed by atoms with E-state index in [0.717, 1.165) is 39.4 Å². The number of rotatable bonds is 1. The van der Waals surface area contributed by atoms with Crippen LogP contribution in [0.2, 0.25) is 0 Å². The van der Waals surface area contributed by atoms with Crippen LogP contribution in [0.1, 0.15) is 11.1 Å². The first-order valence-corrected chi connectivity index (χ1v) is 7.11. The van der Waals surface area contributed by atoms with Crippen LogP contribution in [0.4, 0.5) is 0 Å². The highest BCUT2D eigenvalue weighted by atomic mass is 16.5. The van der Waals surface area contributed by atoms with Gasteiger partial charge in [0.05, 0.1) is 11.4 Å². The largest absolute Gasteiger partial charge is 0.488 e. The highest BCUT2D eigenvalue weighted by molar-refractivity contribution is 5.78. The van der Waals surface area contributed by atoms with E-state index >= 15 is 0 Å². The van der Waals surface area contributed by atoms with E-state index in [9.17, 15) is 5.11 Å². The summed E-state index contributed by atoms with van der Waals surface area (Å²) in [6.07, 6.45) is 0. The molecule has 4 nitrogen and oxygen atoms in total. The molecule has 0 atom stereocenters. The fraction of sp³-hybridized carbons (Fsp3) is 0.111. The Morgan fingerprint density at radius 2 is 1.82 bits per heavy atom. The molecular weight excluding hydrogens is 276 g/mol. The topological polar surface area (TPSA) is 55.2 Å². The van der Waals surface area contributed by atoms with Gasteiger partial charge in [0, 0.05) is 16.7 Å². The number of aromatic hydroxyl groups is 1. The van der Waals surface area contributed by atoms with Crippen LogP contribution in [0, 0.1) is 6.92 Å². The zero-order valence-electron chi connectivity index (χ0n) is 12.1. The summed E-state index contributed by atoms with van der Waals surface area (Å²) in [7, 11) is 0. The molecule has 0 spiro atoms. The van der Waals surface area contributed by atoms with Crippen LogP contribution in [0.3, 0.4) is 0 Å². The van der Waals surface area contributed by atoms with Gasteiger partial charge in [-0.1, -0.05) is 35.9 Å². The van der Waals surface area contributed by atoms with E-state index in [4.69, 9.17) is 4.74 Å². The van der Waals surface area contributed by atoms with E-state index in [0.29, 0.717) is 6.61 Å². The van der Waals surface area contributed by atoms with Crippen molar-refractivity contribution in [2.45, 2.75) is 13.5 Å². The summed E-state index contributed by atoms with van der Waals surface area (Å²) in [5, 5.41) is 9.96. The lowest BCUT2D eigenvalue weighted by atomic mass is 9.97. The van der Waals surface area contributed by atoms with E-state index in [-0.39, 0.29) is 6.01 Å². The molecule has 0 bridgehead atoms. The zero-order chi connectivity index (χ0) is 15.1. The van der Waals surface area contributed by atoms with Crippen molar-refractivity contribution in [2.75, 3.05) is 0 Å². The van der Waals surface area contributed by atoms with Gasteiger partial charge in [0.25, 0.3) is 0 Å². The van der Waals surface area contributed by atoms with Gasteiger partial charge in [0.2, 0.25) is 0 Å². The summed E-state index contributed by atoms with van der Waals surface area (Å²) in [5.74, 6) is 0.781. The molecule has 2 heterocycles. The van der Waals surface area contributed by atoms with E-state index in [1.165, 1.54) is 0 Å². The maximum Gasteiger partial charge on any atom is 0.315 e. The Kier molecular flexibility index (Phi) is 2.82. The molecule has 22 heavy (non-hydrogen) atoms. The van der Waals surface area contributed by atoms with Gasteiger partial charge in [-0.25, -0.2) is 0 Å². The summed E-state index contributed by atoms with van der Waals surface area (Å²) in [6.45, 7) is 2.43. The lowest BCUT2D eigenvalue weighted by Crippen LogP contribution is -2.10. The number of nitrogens with zero attached hydrogens (tertiary/aromatic N) is 2. The predicted octanol–water partition coefficient (Wildman–Crippen LogP) is 3.72. The van der Waals surface area contributed by atoms with Gasteiger partial charge in [-0.3, -0.25) is 0 Å². The third-order valence-electron chi connectivity index (χ3n) is 3.80. The van der Waals surface area contributed by atoms with Crippen LogP contribution in [0.5, 0.6) is 11.8 Å². The molecule has 108 valence electrons. The van der Waals surface area contributed by atoms with Crippen molar-refractivity contribution in [2.24, 2.45) is 0 Å². The van der Waals surface area contributed by atoms with Crippen molar-refractivity contribution in [3.63, 3.8) is 0 Å². The van der Waals surface area contributed by atoms with E-state index in [2.05, 4.69) is 9.97 Å². The quantitative estimate of drug-likeness (QED) is 0.742. The SMILES string of the molecule is Cc1cccc(-c2nc(O)nc3c2COc2ccccc2-3)c1. The molecular formula is C18H14N2O2. The van der Waals surface area contributed by atoms with Crippen molar-refractivity contribution >= 4 is 0 Å². The second kappa shape index (κ2) is 4.84. The normalized spacial score (nSPS) is 12.2. The molecule has 0 saturated heterocycles. The molecule has 1 aliphatic heterocycles. The smallest absolute Gasteiger partial charge is 0.315 e. The van der Waals surface area contributed by atoms with Gasteiger partial charge in [0.1, 0.15) is 12.4 Å². The number of para-hydroxylation sites is 1. The zero-order valence-corrected chi connectivity index (χ0v) is 12.1. The van der Waals surface area contributed by atoms with E-state index < -0.39 is 0 Å². The summed E-state index contributed by atoms with van der Waals surface area (Å²) in [4.78, 5) is 8.46. The molecule has 0 amide bonds. The first-order valence-electron chi connectivity index (χ1n) is 7.11. The summed E-state index contributed by atoms with van der Waals surface area (Å²) < 4.78 is 5.82. The van der Waals surface area contributed by atoms with E-state index in [1.807, 2.05) is 55.5 Å². The van der Waals surface area contributed by atoms with Crippen molar-refractivity contribution in [3.8, 4) is 34.3 Å². The van der Waals surface area contributed by atoms with Crippen LogP contribution < -0.4 is 4.74 Å². The molecule has 2 aromatic carbocycles. The van der Waals surface area contributed by atoms with Crippen LogP contribution in [-0.2, 0) is 6.61 Å². The van der Waals surface area contributed by atoms with Gasteiger partial charge in [-0.15, -0.1) is 0 Å². The van der Waals surface area contributed by atoms with Crippen molar-refractivity contribution in [3.05, 3.63) is 59.7 Å². The number of ether oxygens (including phenoxy) is 1. The van der Waals surface area contributed by atoms with Crippen LogP contribution in [0.15, 0.2) is 48.5 Å². The minimum atomic E-state index is -0.216. The molecule has 0 radical (unpaired) electrons. The van der Waals surface area contributed by atoms with Crippen molar-refractivity contribution in [1.29, 1.82) is 0 Å². The third-order valence-corrected chi connectivity index (χ3v) is 3.80. The minimum Gasteiger partial charge on any atom is -0.488 e. The second-order valence-electron chi connectivity index (χ2n) is 5.35. The molecule has 1 aromatic heterocycles. The standard InChI is InChI=1S/C18H14N2O2/c1-11-5-4-6-12(9-11)16-14-10-22-15-8-3-2-7-13(15)17(14)20-18(21)19-16/h2-9H,10H2,1H3,(H,19,20,21). The highest BCUT2D eigenvalue weighted by Gasteiger charge is 2.24. The van der Waals surface area contributed by atoms with E-state index in [1.54, 1.807) is 0 Å². The Bertz CT molecular complexity index is 875. The lowest BCUT2D eigenvalue weighted by molar-refractivity contribution is 0.300. The van der Waals surface area contributed by atoms with Crippen LogP contribution >= 0.6 is 0 Å². The van der Waals surface area contributed by atoms with Gasteiger partial charge in [0.15, 0.2) is 0 Å². The average molecular weight is 290 g/mol. The number of hydrogen-bond acceptors (Lipinski definition) is 4.